The number of carbonyl (C=O) groups excluding carboxylic acids is 1. The van der Waals surface area contributed by atoms with Crippen LogP contribution in [0.3, 0.4) is 0 Å². The summed E-state index contributed by atoms with van der Waals surface area (Å²) in [7, 11) is 1.03. The van der Waals surface area contributed by atoms with Crippen molar-refractivity contribution in [3.8, 4) is 5.75 Å². The highest BCUT2D eigenvalue weighted by Gasteiger charge is 2.29. The van der Waals surface area contributed by atoms with Crippen LogP contribution >= 0.6 is 0 Å². The van der Waals surface area contributed by atoms with Gasteiger partial charge in [0.05, 0.1) is 7.11 Å². The van der Waals surface area contributed by atoms with Gasteiger partial charge in [-0.15, -0.1) is 0 Å². The minimum atomic E-state index is -1.88. The molecule has 2 unspecified atom stereocenters. The van der Waals surface area contributed by atoms with Crippen LogP contribution in [-0.4, -0.2) is 34.5 Å². The monoisotopic (exact) mass is 230 g/mol. The van der Waals surface area contributed by atoms with Crippen molar-refractivity contribution in [1.29, 1.82) is 0 Å². The first-order valence-corrected chi connectivity index (χ1v) is 4.40. The minimum absolute atomic E-state index is 0.280. The first-order chi connectivity index (χ1) is 7.49. The van der Waals surface area contributed by atoms with Crippen molar-refractivity contribution in [1.82, 2.24) is 0 Å². The highest BCUT2D eigenvalue weighted by atomic mass is 19.1. The third kappa shape index (κ3) is 2.29. The molecule has 0 aromatic heterocycles. The number of aromatic hydroxyl groups is 1. The average Bonchev–Trinajstić information content (AvgIpc) is 2.29. The lowest BCUT2D eigenvalue weighted by atomic mass is 10.0. The Morgan fingerprint density at radius 2 is 2.06 bits per heavy atom. The zero-order valence-electron chi connectivity index (χ0n) is 8.42. The number of hydrogen-bond acceptors (Lipinski definition) is 5. The van der Waals surface area contributed by atoms with E-state index in [1.54, 1.807) is 0 Å². The Morgan fingerprint density at radius 1 is 1.44 bits per heavy atom. The van der Waals surface area contributed by atoms with E-state index in [-0.39, 0.29) is 5.56 Å². The van der Waals surface area contributed by atoms with Gasteiger partial charge in [-0.2, -0.15) is 0 Å². The number of benzene rings is 1. The molecule has 1 aromatic rings. The third-order valence-electron chi connectivity index (χ3n) is 2.08. The fourth-order valence-corrected chi connectivity index (χ4v) is 1.19. The summed E-state index contributed by atoms with van der Waals surface area (Å²) in [6.45, 7) is 0. The van der Waals surface area contributed by atoms with E-state index >= 15 is 0 Å². The number of phenolic OH excluding ortho intramolecular Hbond substituents is 1. The van der Waals surface area contributed by atoms with E-state index in [1.165, 1.54) is 12.1 Å². The Hall–Kier alpha value is -1.66. The number of aliphatic hydroxyl groups is 2. The molecule has 0 aliphatic carbocycles. The maximum Gasteiger partial charge on any atom is 0.337 e. The molecule has 1 rings (SSSR count). The number of carbonyl (C=O) groups is 1. The van der Waals surface area contributed by atoms with Gasteiger partial charge < -0.3 is 20.1 Å². The van der Waals surface area contributed by atoms with Gasteiger partial charge in [-0.25, -0.2) is 9.18 Å². The van der Waals surface area contributed by atoms with Gasteiger partial charge in [0.25, 0.3) is 0 Å². The van der Waals surface area contributed by atoms with Gasteiger partial charge in [0.2, 0.25) is 0 Å². The number of halogens is 1. The van der Waals surface area contributed by atoms with E-state index in [4.69, 9.17) is 0 Å². The Bertz CT molecular complexity index is 393. The fourth-order valence-electron chi connectivity index (χ4n) is 1.19. The van der Waals surface area contributed by atoms with E-state index in [2.05, 4.69) is 4.74 Å². The standard InChI is InChI=1S/C10H11FO5/c1-16-10(15)9(14)8(13)5-3-2-4-6(11)7(5)12/h2-4,8-9,12-14H,1H3. The van der Waals surface area contributed by atoms with Crippen molar-refractivity contribution in [2.24, 2.45) is 0 Å². The Labute approximate surface area is 90.7 Å². The van der Waals surface area contributed by atoms with Gasteiger partial charge in [-0.05, 0) is 6.07 Å². The highest BCUT2D eigenvalue weighted by molar-refractivity contribution is 5.75. The second kappa shape index (κ2) is 4.91. The zero-order valence-corrected chi connectivity index (χ0v) is 8.42. The van der Waals surface area contributed by atoms with Crippen LogP contribution in [0, 0.1) is 5.82 Å². The summed E-state index contributed by atoms with van der Waals surface area (Å²) in [5.41, 5.74) is -0.280. The molecule has 6 heteroatoms. The number of esters is 1. The Kier molecular flexibility index (Phi) is 3.81. The normalized spacial score (nSPS) is 14.2. The summed E-state index contributed by atoms with van der Waals surface area (Å²) in [4.78, 5) is 10.9. The lowest BCUT2D eigenvalue weighted by Crippen LogP contribution is -2.29. The van der Waals surface area contributed by atoms with Gasteiger partial charge >= 0.3 is 5.97 Å². The lowest BCUT2D eigenvalue weighted by molar-refractivity contribution is -0.156. The second-order valence-corrected chi connectivity index (χ2v) is 3.09. The minimum Gasteiger partial charge on any atom is -0.505 e. The van der Waals surface area contributed by atoms with Crippen LogP contribution in [0.5, 0.6) is 5.75 Å². The number of methoxy groups -OCH3 is 1. The average molecular weight is 230 g/mol. The van der Waals surface area contributed by atoms with Gasteiger partial charge in [-0.1, -0.05) is 12.1 Å². The van der Waals surface area contributed by atoms with Crippen LogP contribution in [0.2, 0.25) is 0 Å². The summed E-state index contributed by atoms with van der Waals surface area (Å²) in [6, 6.07) is 3.41. The number of aliphatic hydroxyl groups excluding tert-OH is 2. The molecule has 0 amide bonds. The first-order valence-electron chi connectivity index (χ1n) is 4.40. The molecule has 2 atom stereocenters. The van der Waals surface area contributed by atoms with Crippen molar-refractivity contribution < 1.29 is 29.2 Å². The molecule has 0 radical (unpaired) electrons. The molecule has 3 N–H and O–H groups in total. The van der Waals surface area contributed by atoms with Gasteiger partial charge in [-0.3, -0.25) is 0 Å². The lowest BCUT2D eigenvalue weighted by Gasteiger charge is -2.17. The smallest absolute Gasteiger partial charge is 0.337 e. The molecule has 0 spiro atoms. The van der Waals surface area contributed by atoms with Crippen molar-refractivity contribution in [2.45, 2.75) is 12.2 Å². The van der Waals surface area contributed by atoms with Crippen LogP contribution in [0.4, 0.5) is 4.39 Å². The molecule has 0 heterocycles. The molecular weight excluding hydrogens is 219 g/mol. The van der Waals surface area contributed by atoms with E-state index in [1.807, 2.05) is 0 Å². The van der Waals surface area contributed by atoms with Crippen LogP contribution in [-0.2, 0) is 9.53 Å². The maximum atomic E-state index is 12.9. The fraction of sp³-hybridized carbons (Fsp3) is 0.300. The molecule has 0 aliphatic heterocycles. The van der Waals surface area contributed by atoms with Crippen molar-refractivity contribution >= 4 is 5.97 Å². The Balaban J connectivity index is 3.00. The van der Waals surface area contributed by atoms with E-state index in [0.29, 0.717) is 0 Å². The van der Waals surface area contributed by atoms with Crippen LogP contribution < -0.4 is 0 Å². The number of ether oxygens (including phenoxy) is 1. The van der Waals surface area contributed by atoms with E-state index in [0.717, 1.165) is 13.2 Å². The maximum absolute atomic E-state index is 12.9. The number of rotatable bonds is 3. The van der Waals surface area contributed by atoms with Crippen molar-refractivity contribution in [3.05, 3.63) is 29.6 Å². The summed E-state index contributed by atoms with van der Waals surface area (Å²) >= 11 is 0. The molecule has 88 valence electrons. The molecular formula is C10H11FO5. The Morgan fingerprint density at radius 3 is 2.62 bits per heavy atom. The SMILES string of the molecule is COC(=O)C(O)C(O)c1cccc(F)c1O. The molecule has 1 aromatic carbocycles. The summed E-state index contributed by atoms with van der Waals surface area (Å²) in [5, 5.41) is 28.1. The first kappa shape index (κ1) is 12.4. The molecule has 0 aliphatic rings. The van der Waals surface area contributed by atoms with Crippen molar-refractivity contribution in [3.63, 3.8) is 0 Å². The van der Waals surface area contributed by atoms with Crippen LogP contribution in [0.15, 0.2) is 18.2 Å². The number of phenols is 1. The third-order valence-corrected chi connectivity index (χ3v) is 2.08. The molecule has 0 saturated heterocycles. The summed E-state index contributed by atoms with van der Waals surface area (Å²) in [6.07, 6.45) is -3.62. The number of para-hydroxylation sites is 1. The highest BCUT2D eigenvalue weighted by Crippen LogP contribution is 2.28. The van der Waals surface area contributed by atoms with Crippen LogP contribution in [0.1, 0.15) is 11.7 Å². The molecule has 16 heavy (non-hydrogen) atoms. The van der Waals surface area contributed by atoms with Gasteiger partial charge in [0, 0.05) is 5.56 Å². The van der Waals surface area contributed by atoms with E-state index in [9.17, 15) is 24.5 Å². The topological polar surface area (TPSA) is 87.0 Å². The molecule has 5 nitrogen and oxygen atoms in total. The van der Waals surface area contributed by atoms with Crippen LogP contribution in [0.25, 0.3) is 0 Å². The largest absolute Gasteiger partial charge is 0.505 e. The number of hydrogen-bond donors (Lipinski definition) is 3. The second-order valence-electron chi connectivity index (χ2n) is 3.09. The summed E-state index contributed by atoms with van der Waals surface area (Å²) < 4.78 is 17.1. The molecule has 0 saturated carbocycles. The predicted molar refractivity (Wildman–Crippen MR) is 51.0 cm³/mol. The van der Waals surface area contributed by atoms with E-state index < -0.39 is 29.7 Å². The van der Waals surface area contributed by atoms with Crippen molar-refractivity contribution in [2.75, 3.05) is 7.11 Å². The summed E-state index contributed by atoms with van der Waals surface area (Å²) in [5.74, 6) is -2.83. The predicted octanol–water partition coefficient (Wildman–Crippen LogP) is 0.0986. The molecule has 0 fully saturated rings. The zero-order chi connectivity index (χ0) is 12.3. The quantitative estimate of drug-likeness (QED) is 0.641. The molecule has 0 bridgehead atoms. The van der Waals surface area contributed by atoms with Gasteiger partial charge in [0.15, 0.2) is 17.7 Å². The van der Waals surface area contributed by atoms with Gasteiger partial charge in [0.1, 0.15) is 6.10 Å².